The fraction of sp³-hybridized carbons (Fsp3) is 0.150. The van der Waals surface area contributed by atoms with Crippen LogP contribution in [0.3, 0.4) is 0 Å². The standard InChI is InChI=1S/C20H10O9/c21-12-6-20(26)7-13(22)28-18-14-10(5-11(27-12)17(18)29-19(20)25)15(23)8-3-1-2-4-9(8)16(14)24/h1-5,26H,6-7H2. The number of carbonyl (C=O) groups is 5. The average Bonchev–Trinajstić information content (AvgIpc) is 2.66. The number of hydrogen-bond acceptors (Lipinski definition) is 9. The van der Waals surface area contributed by atoms with Crippen LogP contribution in [-0.4, -0.2) is 40.2 Å². The van der Waals surface area contributed by atoms with Crippen molar-refractivity contribution in [1.82, 2.24) is 0 Å². The first-order valence-electron chi connectivity index (χ1n) is 8.54. The number of ether oxygens (including phenoxy) is 3. The van der Waals surface area contributed by atoms with Crippen molar-refractivity contribution in [1.29, 1.82) is 0 Å². The number of ketones is 2. The van der Waals surface area contributed by atoms with Gasteiger partial charge in [-0.3, -0.25) is 19.2 Å². The van der Waals surface area contributed by atoms with Crippen LogP contribution in [0.4, 0.5) is 0 Å². The third kappa shape index (κ3) is 2.34. The van der Waals surface area contributed by atoms with Gasteiger partial charge in [0.2, 0.25) is 5.75 Å². The molecule has 2 aliphatic heterocycles. The monoisotopic (exact) mass is 394 g/mol. The third-order valence-electron chi connectivity index (χ3n) is 4.98. The van der Waals surface area contributed by atoms with E-state index >= 15 is 0 Å². The van der Waals surface area contributed by atoms with Crippen molar-refractivity contribution >= 4 is 29.5 Å². The van der Waals surface area contributed by atoms with Crippen LogP contribution < -0.4 is 14.2 Å². The lowest BCUT2D eigenvalue weighted by atomic mass is 9.83. The quantitative estimate of drug-likeness (QED) is 0.432. The normalized spacial score (nSPS) is 22.3. The molecule has 29 heavy (non-hydrogen) atoms. The number of esters is 3. The molecule has 2 bridgehead atoms. The summed E-state index contributed by atoms with van der Waals surface area (Å²) in [5.41, 5.74) is -2.68. The Labute approximate surface area is 161 Å². The van der Waals surface area contributed by atoms with Gasteiger partial charge in [0.15, 0.2) is 28.7 Å². The van der Waals surface area contributed by atoms with E-state index in [9.17, 15) is 29.1 Å². The van der Waals surface area contributed by atoms with Crippen LogP contribution in [0.25, 0.3) is 0 Å². The molecule has 1 aliphatic carbocycles. The van der Waals surface area contributed by atoms with Gasteiger partial charge in [-0.05, 0) is 6.07 Å². The number of aliphatic hydroxyl groups is 1. The van der Waals surface area contributed by atoms with Gasteiger partial charge in [0.25, 0.3) is 0 Å². The Morgan fingerprint density at radius 3 is 2.07 bits per heavy atom. The Morgan fingerprint density at radius 1 is 0.759 bits per heavy atom. The summed E-state index contributed by atoms with van der Waals surface area (Å²) in [6.07, 6.45) is -1.74. The van der Waals surface area contributed by atoms with Gasteiger partial charge in [0, 0.05) is 16.7 Å². The van der Waals surface area contributed by atoms with Crippen molar-refractivity contribution in [2.45, 2.75) is 18.4 Å². The van der Waals surface area contributed by atoms with Crippen molar-refractivity contribution in [2.75, 3.05) is 0 Å². The second-order valence-corrected chi connectivity index (χ2v) is 6.88. The average molecular weight is 394 g/mol. The van der Waals surface area contributed by atoms with E-state index in [2.05, 4.69) is 0 Å². The molecule has 2 aromatic carbocycles. The van der Waals surface area contributed by atoms with E-state index in [0.29, 0.717) is 0 Å². The van der Waals surface area contributed by atoms with Crippen LogP contribution in [0.1, 0.15) is 44.7 Å². The molecule has 9 heteroatoms. The van der Waals surface area contributed by atoms with Gasteiger partial charge in [0.05, 0.1) is 18.4 Å². The van der Waals surface area contributed by atoms with Crippen LogP contribution in [0.2, 0.25) is 0 Å². The summed E-state index contributed by atoms with van der Waals surface area (Å²) in [5, 5.41) is 10.4. The molecule has 2 aromatic rings. The van der Waals surface area contributed by atoms with Crippen molar-refractivity contribution in [3.8, 4) is 17.2 Å². The molecule has 1 unspecified atom stereocenters. The molecule has 1 atom stereocenters. The smallest absolute Gasteiger partial charge is 0.345 e. The molecular formula is C20H10O9. The van der Waals surface area contributed by atoms with Gasteiger partial charge >= 0.3 is 17.9 Å². The highest BCUT2D eigenvalue weighted by molar-refractivity contribution is 6.30. The molecular weight excluding hydrogens is 384 g/mol. The van der Waals surface area contributed by atoms with E-state index < -0.39 is 59.4 Å². The van der Waals surface area contributed by atoms with Gasteiger partial charge in [0.1, 0.15) is 0 Å². The van der Waals surface area contributed by atoms with E-state index in [1.807, 2.05) is 0 Å². The number of fused-ring (bicyclic) bond motifs is 5. The highest BCUT2D eigenvalue weighted by Crippen LogP contribution is 2.48. The highest BCUT2D eigenvalue weighted by atomic mass is 16.6. The molecule has 144 valence electrons. The van der Waals surface area contributed by atoms with Crippen LogP contribution in [0.15, 0.2) is 30.3 Å². The lowest BCUT2D eigenvalue weighted by molar-refractivity contribution is -0.170. The van der Waals surface area contributed by atoms with Gasteiger partial charge in [-0.1, -0.05) is 24.3 Å². The maximum Gasteiger partial charge on any atom is 0.345 e. The Bertz CT molecular complexity index is 1190. The summed E-state index contributed by atoms with van der Waals surface area (Å²) in [7, 11) is 0. The molecule has 0 saturated heterocycles. The van der Waals surface area contributed by atoms with E-state index in [-0.39, 0.29) is 28.0 Å². The lowest BCUT2D eigenvalue weighted by Crippen LogP contribution is -2.49. The summed E-state index contributed by atoms with van der Waals surface area (Å²) in [6, 6.07) is 7.16. The molecule has 0 fully saturated rings. The maximum atomic E-state index is 13.1. The first kappa shape index (κ1) is 17.3. The van der Waals surface area contributed by atoms with Crippen molar-refractivity contribution in [3.05, 3.63) is 52.6 Å². The summed E-state index contributed by atoms with van der Waals surface area (Å²) < 4.78 is 15.5. The summed E-state index contributed by atoms with van der Waals surface area (Å²) in [6.45, 7) is 0. The molecule has 1 N–H and O–H groups in total. The third-order valence-corrected chi connectivity index (χ3v) is 4.98. The van der Waals surface area contributed by atoms with Crippen LogP contribution in [0.5, 0.6) is 17.2 Å². The van der Waals surface area contributed by atoms with Crippen molar-refractivity contribution in [3.63, 3.8) is 0 Å². The topological polar surface area (TPSA) is 133 Å². The van der Waals surface area contributed by atoms with Gasteiger partial charge in [-0.15, -0.1) is 0 Å². The fourth-order valence-corrected chi connectivity index (χ4v) is 3.63. The zero-order chi connectivity index (χ0) is 20.5. The van der Waals surface area contributed by atoms with Crippen LogP contribution >= 0.6 is 0 Å². The van der Waals surface area contributed by atoms with Gasteiger partial charge in [-0.25, -0.2) is 4.79 Å². The van der Waals surface area contributed by atoms with Crippen molar-refractivity contribution < 1.29 is 43.3 Å². The second-order valence-electron chi connectivity index (χ2n) is 6.88. The SMILES string of the molecule is O=C1CC2(O)CC(=O)Oc3c(c(cc4c3C(=O)c3ccccc3C4=O)O1)OC2=O. The van der Waals surface area contributed by atoms with Crippen LogP contribution in [-0.2, 0) is 14.4 Å². The van der Waals surface area contributed by atoms with Gasteiger partial charge < -0.3 is 19.3 Å². The molecule has 0 radical (unpaired) electrons. The number of rotatable bonds is 0. The fourth-order valence-electron chi connectivity index (χ4n) is 3.63. The molecule has 0 spiro atoms. The molecule has 0 amide bonds. The summed E-state index contributed by atoms with van der Waals surface area (Å²) in [4.78, 5) is 63.0. The second kappa shape index (κ2) is 5.58. The largest absolute Gasteiger partial charge is 0.422 e. The number of carbonyl (C=O) groups excluding carboxylic acids is 5. The Kier molecular flexibility index (Phi) is 3.32. The van der Waals surface area contributed by atoms with Crippen LogP contribution in [0, 0.1) is 0 Å². The lowest BCUT2D eigenvalue weighted by Gasteiger charge is -2.31. The zero-order valence-electron chi connectivity index (χ0n) is 14.5. The molecule has 9 nitrogen and oxygen atoms in total. The minimum Gasteiger partial charge on any atom is -0.422 e. The highest BCUT2D eigenvalue weighted by Gasteiger charge is 2.49. The molecule has 2 heterocycles. The van der Waals surface area contributed by atoms with E-state index in [1.54, 1.807) is 12.1 Å². The van der Waals surface area contributed by atoms with E-state index in [4.69, 9.17) is 14.2 Å². The maximum absolute atomic E-state index is 13.1. The predicted octanol–water partition coefficient (Wildman–Crippen LogP) is 0.717. The molecule has 0 saturated carbocycles. The van der Waals surface area contributed by atoms with E-state index in [0.717, 1.165) is 6.07 Å². The van der Waals surface area contributed by atoms with Gasteiger partial charge in [-0.2, -0.15) is 0 Å². The summed E-state index contributed by atoms with van der Waals surface area (Å²) in [5.74, 6) is -5.90. The zero-order valence-corrected chi connectivity index (χ0v) is 14.5. The van der Waals surface area contributed by atoms with Crippen molar-refractivity contribution in [2.24, 2.45) is 0 Å². The minimum absolute atomic E-state index is 0.0879. The molecule has 5 rings (SSSR count). The summed E-state index contributed by atoms with van der Waals surface area (Å²) >= 11 is 0. The number of benzene rings is 2. The first-order chi connectivity index (χ1) is 13.8. The predicted molar refractivity (Wildman–Crippen MR) is 90.8 cm³/mol. The minimum atomic E-state index is -2.47. The Morgan fingerprint density at radius 2 is 1.38 bits per heavy atom. The molecule has 0 aromatic heterocycles. The molecule has 3 aliphatic rings. The Balaban J connectivity index is 1.84. The first-order valence-corrected chi connectivity index (χ1v) is 8.54. The Hall–Kier alpha value is -3.85. The number of hydrogen-bond donors (Lipinski definition) is 1. The van der Waals surface area contributed by atoms with E-state index in [1.165, 1.54) is 12.1 Å².